The third-order valence-electron chi connectivity index (χ3n) is 3.13. The number of aliphatic hydroxyl groups excluding tert-OH is 1. The van der Waals surface area contributed by atoms with E-state index in [-0.39, 0.29) is 18.4 Å². The highest BCUT2D eigenvalue weighted by Gasteiger charge is 2.10. The first-order chi connectivity index (χ1) is 9.81. The molecule has 4 heteroatoms. The largest absolute Gasteiger partial charge is 0.394 e. The van der Waals surface area contributed by atoms with Gasteiger partial charge >= 0.3 is 0 Å². The van der Waals surface area contributed by atoms with Crippen LogP contribution in [0.2, 0.25) is 0 Å². The van der Waals surface area contributed by atoms with Crippen molar-refractivity contribution in [2.24, 2.45) is 0 Å². The zero-order valence-electron chi connectivity index (χ0n) is 11.2. The van der Waals surface area contributed by atoms with Gasteiger partial charge in [0.15, 0.2) is 5.78 Å². The first-order valence-corrected chi connectivity index (χ1v) is 6.63. The number of carbonyl (C=O) groups excluding carboxylic acids is 1. The van der Waals surface area contributed by atoms with Gasteiger partial charge in [0.1, 0.15) is 0 Å². The second-order valence-corrected chi connectivity index (χ2v) is 4.51. The Morgan fingerprint density at radius 1 is 1.15 bits per heavy atom. The van der Waals surface area contributed by atoms with Crippen LogP contribution in [0.1, 0.15) is 28.4 Å². The maximum atomic E-state index is 11.9. The molecule has 0 aliphatic rings. The number of rotatable bonds is 7. The Balaban J connectivity index is 1.84. The van der Waals surface area contributed by atoms with Gasteiger partial charge in [-0.1, -0.05) is 30.3 Å². The van der Waals surface area contributed by atoms with Crippen molar-refractivity contribution in [2.45, 2.75) is 12.5 Å². The molecular formula is C16H18N2O2. The van der Waals surface area contributed by atoms with Gasteiger partial charge in [-0.15, -0.1) is 0 Å². The Bertz CT molecular complexity index is 529. The average molecular weight is 270 g/mol. The molecule has 104 valence electrons. The summed E-state index contributed by atoms with van der Waals surface area (Å²) in [7, 11) is 0. The van der Waals surface area contributed by atoms with Crippen LogP contribution in [0, 0.1) is 0 Å². The molecule has 0 spiro atoms. The number of Topliss-reactive ketones (excluding diaryl/α,β-unsaturated/α-hetero) is 1. The van der Waals surface area contributed by atoms with Gasteiger partial charge in [-0.2, -0.15) is 0 Å². The van der Waals surface area contributed by atoms with E-state index in [1.54, 1.807) is 24.5 Å². The summed E-state index contributed by atoms with van der Waals surface area (Å²) in [4.78, 5) is 15.8. The Hall–Kier alpha value is -2.04. The maximum absolute atomic E-state index is 11.9. The smallest absolute Gasteiger partial charge is 0.164 e. The average Bonchev–Trinajstić information content (AvgIpc) is 2.53. The quantitative estimate of drug-likeness (QED) is 0.755. The van der Waals surface area contributed by atoms with Gasteiger partial charge < -0.3 is 10.4 Å². The minimum Gasteiger partial charge on any atom is -0.394 e. The van der Waals surface area contributed by atoms with Crippen molar-refractivity contribution in [2.75, 3.05) is 13.2 Å². The molecule has 0 aliphatic carbocycles. The van der Waals surface area contributed by atoms with Crippen LogP contribution >= 0.6 is 0 Å². The molecule has 1 aromatic carbocycles. The topological polar surface area (TPSA) is 62.2 Å². The fourth-order valence-electron chi connectivity index (χ4n) is 2.02. The molecule has 0 amide bonds. The number of hydrogen-bond acceptors (Lipinski definition) is 4. The number of nitrogens with one attached hydrogen (secondary N) is 1. The lowest BCUT2D eigenvalue weighted by molar-refractivity contribution is 0.0979. The molecule has 20 heavy (non-hydrogen) atoms. The fraction of sp³-hybridized carbons (Fsp3) is 0.250. The van der Waals surface area contributed by atoms with E-state index in [4.69, 9.17) is 0 Å². The van der Waals surface area contributed by atoms with Gasteiger partial charge in [0.05, 0.1) is 12.6 Å². The van der Waals surface area contributed by atoms with Crippen molar-refractivity contribution in [1.82, 2.24) is 10.3 Å². The van der Waals surface area contributed by atoms with E-state index in [9.17, 15) is 9.90 Å². The van der Waals surface area contributed by atoms with Crippen molar-refractivity contribution in [1.29, 1.82) is 0 Å². The van der Waals surface area contributed by atoms with Crippen molar-refractivity contribution in [3.05, 3.63) is 66.0 Å². The van der Waals surface area contributed by atoms with Crippen LogP contribution < -0.4 is 5.32 Å². The first-order valence-electron chi connectivity index (χ1n) is 6.63. The van der Waals surface area contributed by atoms with Gasteiger partial charge in [0.2, 0.25) is 0 Å². The van der Waals surface area contributed by atoms with E-state index in [1.807, 2.05) is 30.3 Å². The third kappa shape index (κ3) is 3.98. The predicted octanol–water partition coefficient (Wildman–Crippen LogP) is 1.98. The lowest BCUT2D eigenvalue weighted by Gasteiger charge is -2.16. The molecule has 4 nitrogen and oxygen atoms in total. The van der Waals surface area contributed by atoms with E-state index in [2.05, 4.69) is 10.3 Å². The molecule has 0 radical (unpaired) electrons. The molecule has 1 aromatic heterocycles. The molecule has 1 unspecified atom stereocenters. The Labute approximate surface area is 118 Å². The molecule has 1 atom stereocenters. The number of hydrogen-bond donors (Lipinski definition) is 2. The minimum absolute atomic E-state index is 0.00740. The Morgan fingerprint density at radius 3 is 2.50 bits per heavy atom. The van der Waals surface area contributed by atoms with Gasteiger partial charge in [-0.05, 0) is 17.7 Å². The number of benzene rings is 1. The van der Waals surface area contributed by atoms with Crippen LogP contribution in [0.25, 0.3) is 0 Å². The number of ketones is 1. The second-order valence-electron chi connectivity index (χ2n) is 4.51. The minimum atomic E-state index is -0.138. The number of aromatic nitrogens is 1. The Morgan fingerprint density at radius 2 is 1.85 bits per heavy atom. The summed E-state index contributed by atoms with van der Waals surface area (Å²) in [6, 6.07) is 13.0. The van der Waals surface area contributed by atoms with Crippen LogP contribution in [0.3, 0.4) is 0 Å². The first kappa shape index (κ1) is 14.4. The number of carbonyl (C=O) groups is 1. The second kappa shape index (κ2) is 7.53. The molecular weight excluding hydrogens is 252 g/mol. The zero-order chi connectivity index (χ0) is 14.2. The summed E-state index contributed by atoms with van der Waals surface area (Å²) < 4.78 is 0. The SMILES string of the molecule is O=C(CCNC(CO)c1ccccc1)c1ccncc1. The Kier molecular flexibility index (Phi) is 5.41. The lowest BCUT2D eigenvalue weighted by Crippen LogP contribution is -2.26. The van der Waals surface area contributed by atoms with Crippen LogP contribution in [0.5, 0.6) is 0 Å². The molecule has 0 bridgehead atoms. The number of nitrogens with zero attached hydrogens (tertiary/aromatic N) is 1. The van der Waals surface area contributed by atoms with Gasteiger partial charge in [0.25, 0.3) is 0 Å². The molecule has 2 N–H and O–H groups in total. The van der Waals surface area contributed by atoms with Crippen LogP contribution in [0.4, 0.5) is 0 Å². The van der Waals surface area contributed by atoms with Crippen molar-refractivity contribution in [3.8, 4) is 0 Å². The van der Waals surface area contributed by atoms with Gasteiger partial charge in [0, 0.05) is 30.9 Å². The van der Waals surface area contributed by atoms with Crippen molar-refractivity contribution >= 4 is 5.78 Å². The van der Waals surface area contributed by atoms with E-state index in [1.165, 1.54) is 0 Å². The van der Waals surface area contributed by atoms with Crippen molar-refractivity contribution in [3.63, 3.8) is 0 Å². The highest BCUT2D eigenvalue weighted by molar-refractivity contribution is 5.95. The number of pyridine rings is 1. The molecule has 0 saturated carbocycles. The molecule has 0 aliphatic heterocycles. The van der Waals surface area contributed by atoms with Crippen LogP contribution in [-0.4, -0.2) is 29.0 Å². The van der Waals surface area contributed by atoms with E-state index in [0.29, 0.717) is 18.5 Å². The summed E-state index contributed by atoms with van der Waals surface area (Å²) in [5, 5.41) is 12.6. The van der Waals surface area contributed by atoms with Gasteiger partial charge in [-0.25, -0.2) is 0 Å². The van der Waals surface area contributed by atoms with Crippen LogP contribution in [0.15, 0.2) is 54.9 Å². The normalized spacial score (nSPS) is 12.1. The summed E-state index contributed by atoms with van der Waals surface area (Å²) in [6.07, 6.45) is 3.62. The molecule has 0 fully saturated rings. The third-order valence-corrected chi connectivity index (χ3v) is 3.13. The summed E-state index contributed by atoms with van der Waals surface area (Å²) >= 11 is 0. The zero-order valence-corrected chi connectivity index (χ0v) is 11.2. The molecule has 1 heterocycles. The summed E-state index contributed by atoms with van der Waals surface area (Å²) in [6.45, 7) is 0.536. The number of aliphatic hydroxyl groups is 1. The highest BCUT2D eigenvalue weighted by Crippen LogP contribution is 2.11. The monoisotopic (exact) mass is 270 g/mol. The molecule has 2 rings (SSSR count). The summed E-state index contributed by atoms with van der Waals surface area (Å²) in [5.74, 6) is 0.0738. The van der Waals surface area contributed by atoms with E-state index < -0.39 is 0 Å². The maximum Gasteiger partial charge on any atom is 0.164 e. The molecule has 2 aromatic rings. The van der Waals surface area contributed by atoms with E-state index in [0.717, 1.165) is 5.56 Å². The van der Waals surface area contributed by atoms with Crippen LogP contribution in [-0.2, 0) is 0 Å². The fourth-order valence-corrected chi connectivity index (χ4v) is 2.02. The summed E-state index contributed by atoms with van der Waals surface area (Å²) in [5.41, 5.74) is 1.69. The van der Waals surface area contributed by atoms with Crippen molar-refractivity contribution < 1.29 is 9.90 Å². The lowest BCUT2D eigenvalue weighted by atomic mass is 10.1. The van der Waals surface area contributed by atoms with Gasteiger partial charge in [-0.3, -0.25) is 9.78 Å². The highest BCUT2D eigenvalue weighted by atomic mass is 16.3. The molecule has 0 saturated heterocycles. The standard InChI is InChI=1S/C16H18N2O2/c19-12-15(13-4-2-1-3-5-13)18-11-8-16(20)14-6-9-17-10-7-14/h1-7,9-10,15,18-19H,8,11-12H2. The van der Waals surface area contributed by atoms with E-state index >= 15 is 0 Å². The predicted molar refractivity (Wildman–Crippen MR) is 77.5 cm³/mol.